The summed E-state index contributed by atoms with van der Waals surface area (Å²) in [5.41, 5.74) is 2.26. The van der Waals surface area contributed by atoms with Gasteiger partial charge in [-0.25, -0.2) is 9.99 Å². The van der Waals surface area contributed by atoms with Gasteiger partial charge in [0.05, 0.1) is 27.7 Å². The van der Waals surface area contributed by atoms with Gasteiger partial charge in [-0.1, -0.05) is 24.3 Å². The number of hydrogen-bond acceptors (Lipinski definition) is 6. The zero-order chi connectivity index (χ0) is 17.5. The minimum atomic E-state index is -0.221. The Morgan fingerprint density at radius 1 is 1.04 bits per heavy atom. The molecule has 26 heavy (non-hydrogen) atoms. The van der Waals surface area contributed by atoms with Gasteiger partial charge >= 0.3 is 0 Å². The van der Waals surface area contributed by atoms with Crippen LogP contribution in [0.1, 0.15) is 22.2 Å². The first-order valence-corrected chi connectivity index (χ1v) is 9.98. The lowest BCUT2D eigenvalue weighted by Crippen LogP contribution is -2.26. The van der Waals surface area contributed by atoms with Gasteiger partial charge in [-0.05, 0) is 35.0 Å². The van der Waals surface area contributed by atoms with E-state index in [0.717, 1.165) is 28.0 Å². The van der Waals surface area contributed by atoms with Gasteiger partial charge in [0.2, 0.25) is 5.82 Å². The number of H-pyrrole nitrogens is 1. The molecular weight excluding hydrogens is 364 g/mol. The lowest BCUT2D eigenvalue weighted by molar-refractivity contribution is 0.707. The minimum Gasteiger partial charge on any atom is -0.317 e. The maximum Gasteiger partial charge on any atom is 0.293 e. The van der Waals surface area contributed by atoms with Gasteiger partial charge in [-0.3, -0.25) is 4.79 Å². The monoisotopic (exact) mass is 378 g/mol. The molecule has 4 aromatic rings. The van der Waals surface area contributed by atoms with Crippen LogP contribution in [0.25, 0.3) is 11.0 Å². The summed E-state index contributed by atoms with van der Waals surface area (Å²) in [6.45, 7) is 0. The SMILES string of the molecule is O=c1[nH]c2ccccc2nc1N1N=C(c2cccs2)CC1c1cccs1. The first-order chi connectivity index (χ1) is 12.8. The van der Waals surface area contributed by atoms with E-state index >= 15 is 0 Å². The van der Waals surface area contributed by atoms with Crippen LogP contribution in [0.4, 0.5) is 5.82 Å². The van der Waals surface area contributed by atoms with E-state index in [1.54, 1.807) is 27.7 Å². The first kappa shape index (κ1) is 15.5. The molecular formula is C19H14N4OS2. The van der Waals surface area contributed by atoms with Crippen LogP contribution in [-0.4, -0.2) is 15.7 Å². The van der Waals surface area contributed by atoms with E-state index in [1.807, 2.05) is 41.8 Å². The molecule has 1 N–H and O–H groups in total. The molecule has 128 valence electrons. The second kappa shape index (κ2) is 6.19. The molecule has 3 aromatic heterocycles. The number of hydrazone groups is 1. The lowest BCUT2D eigenvalue weighted by atomic mass is 10.1. The van der Waals surface area contributed by atoms with Crippen LogP contribution in [0.5, 0.6) is 0 Å². The number of rotatable bonds is 3. The minimum absolute atomic E-state index is 0.0122. The van der Waals surface area contributed by atoms with Crippen LogP contribution in [0.15, 0.2) is 69.2 Å². The summed E-state index contributed by atoms with van der Waals surface area (Å²) in [4.78, 5) is 22.6. The Labute approximate surface area is 157 Å². The average Bonchev–Trinajstić information content (AvgIpc) is 3.40. The van der Waals surface area contributed by atoms with Crippen LogP contribution in [0.2, 0.25) is 0 Å². The van der Waals surface area contributed by atoms with Gasteiger partial charge in [-0.2, -0.15) is 5.10 Å². The van der Waals surface area contributed by atoms with E-state index < -0.39 is 0 Å². The number of anilines is 1. The topological polar surface area (TPSA) is 61.4 Å². The number of benzene rings is 1. The summed E-state index contributed by atoms with van der Waals surface area (Å²) in [5.74, 6) is 0.341. The zero-order valence-electron chi connectivity index (χ0n) is 13.6. The summed E-state index contributed by atoms with van der Waals surface area (Å²) in [6.07, 6.45) is 0.759. The van der Waals surface area contributed by atoms with Gasteiger partial charge in [0, 0.05) is 11.3 Å². The van der Waals surface area contributed by atoms with Crippen molar-refractivity contribution < 1.29 is 0 Å². The number of aromatic amines is 1. The molecule has 1 atom stereocenters. The second-order valence-electron chi connectivity index (χ2n) is 6.01. The van der Waals surface area contributed by atoms with Crippen LogP contribution in [0, 0.1) is 0 Å². The van der Waals surface area contributed by atoms with Gasteiger partial charge in [0.1, 0.15) is 0 Å². The van der Waals surface area contributed by atoms with Crippen LogP contribution in [-0.2, 0) is 0 Å². The normalized spacial score (nSPS) is 17.0. The Morgan fingerprint density at radius 3 is 2.69 bits per heavy atom. The molecule has 4 heterocycles. The standard InChI is InChI=1S/C19H14N4OS2/c24-19-18(20-12-5-1-2-6-13(12)21-19)23-15(17-8-4-10-26-17)11-14(22-23)16-7-3-9-25-16/h1-10,15H,11H2,(H,21,24). The molecule has 0 bridgehead atoms. The number of aromatic nitrogens is 2. The largest absolute Gasteiger partial charge is 0.317 e. The van der Waals surface area contributed by atoms with Gasteiger partial charge in [0.25, 0.3) is 5.56 Å². The Hall–Kier alpha value is -2.77. The maximum atomic E-state index is 12.7. The van der Waals surface area contributed by atoms with Crippen molar-refractivity contribution >= 4 is 45.2 Å². The molecule has 0 aliphatic carbocycles. The highest BCUT2D eigenvalue weighted by atomic mass is 32.1. The van der Waals surface area contributed by atoms with E-state index in [4.69, 9.17) is 5.10 Å². The number of hydrogen-bond donors (Lipinski definition) is 1. The van der Waals surface area contributed by atoms with Crippen molar-refractivity contribution in [2.45, 2.75) is 12.5 Å². The maximum absolute atomic E-state index is 12.7. The zero-order valence-corrected chi connectivity index (χ0v) is 15.3. The number of para-hydroxylation sites is 2. The number of fused-ring (bicyclic) bond motifs is 1. The van der Waals surface area contributed by atoms with E-state index in [-0.39, 0.29) is 11.6 Å². The van der Waals surface area contributed by atoms with Crippen molar-refractivity contribution in [1.82, 2.24) is 9.97 Å². The molecule has 0 amide bonds. The molecule has 0 saturated carbocycles. The average molecular weight is 378 g/mol. The molecule has 7 heteroatoms. The van der Waals surface area contributed by atoms with Crippen molar-refractivity contribution in [2.75, 3.05) is 5.01 Å². The first-order valence-electron chi connectivity index (χ1n) is 8.22. The third kappa shape index (κ3) is 2.56. The fourth-order valence-corrected chi connectivity index (χ4v) is 4.71. The smallest absolute Gasteiger partial charge is 0.293 e. The van der Waals surface area contributed by atoms with E-state index in [0.29, 0.717) is 5.82 Å². The molecule has 1 aliphatic heterocycles. The summed E-state index contributed by atoms with van der Waals surface area (Å²) in [7, 11) is 0. The highest BCUT2D eigenvalue weighted by Crippen LogP contribution is 2.37. The summed E-state index contributed by atoms with van der Waals surface area (Å²) < 4.78 is 0. The second-order valence-corrected chi connectivity index (χ2v) is 7.94. The van der Waals surface area contributed by atoms with Crippen molar-refractivity contribution in [3.63, 3.8) is 0 Å². The van der Waals surface area contributed by atoms with Crippen LogP contribution in [0.3, 0.4) is 0 Å². The van der Waals surface area contributed by atoms with E-state index in [2.05, 4.69) is 27.5 Å². The van der Waals surface area contributed by atoms with E-state index in [1.165, 1.54) is 4.88 Å². The summed E-state index contributed by atoms with van der Waals surface area (Å²) in [6, 6.07) is 15.7. The Balaban J connectivity index is 1.66. The van der Waals surface area contributed by atoms with Crippen molar-refractivity contribution in [2.24, 2.45) is 5.10 Å². The molecule has 1 aliphatic rings. The summed E-state index contributed by atoms with van der Waals surface area (Å²) >= 11 is 3.34. The van der Waals surface area contributed by atoms with E-state index in [9.17, 15) is 4.79 Å². The van der Waals surface area contributed by atoms with Crippen molar-refractivity contribution in [3.8, 4) is 0 Å². The van der Waals surface area contributed by atoms with Gasteiger partial charge in [-0.15, -0.1) is 22.7 Å². The molecule has 1 unspecified atom stereocenters. The fraction of sp³-hybridized carbons (Fsp3) is 0.105. The Bertz CT molecular complexity index is 1150. The predicted molar refractivity (Wildman–Crippen MR) is 107 cm³/mol. The highest BCUT2D eigenvalue weighted by Gasteiger charge is 2.33. The number of thiophene rings is 2. The Kier molecular flexibility index (Phi) is 3.69. The van der Waals surface area contributed by atoms with Crippen molar-refractivity contribution in [1.29, 1.82) is 0 Å². The van der Waals surface area contributed by atoms with Crippen molar-refractivity contribution in [3.05, 3.63) is 79.4 Å². The quantitative estimate of drug-likeness (QED) is 0.575. The predicted octanol–water partition coefficient (Wildman–Crippen LogP) is 4.40. The fourth-order valence-electron chi connectivity index (χ4n) is 3.17. The highest BCUT2D eigenvalue weighted by molar-refractivity contribution is 7.12. The lowest BCUT2D eigenvalue weighted by Gasteiger charge is -2.20. The van der Waals surface area contributed by atoms with Gasteiger partial charge < -0.3 is 4.98 Å². The number of nitrogens with one attached hydrogen (secondary N) is 1. The van der Waals surface area contributed by atoms with Crippen LogP contribution >= 0.6 is 22.7 Å². The molecule has 1 aromatic carbocycles. The Morgan fingerprint density at radius 2 is 1.88 bits per heavy atom. The number of nitrogens with zero attached hydrogens (tertiary/aromatic N) is 3. The van der Waals surface area contributed by atoms with Gasteiger partial charge in [0.15, 0.2) is 0 Å². The molecule has 0 radical (unpaired) electrons. The molecule has 5 nitrogen and oxygen atoms in total. The third-order valence-electron chi connectivity index (χ3n) is 4.39. The molecule has 0 fully saturated rings. The molecule has 5 rings (SSSR count). The molecule has 0 spiro atoms. The summed E-state index contributed by atoms with van der Waals surface area (Å²) in [5, 5.41) is 10.7. The van der Waals surface area contributed by atoms with Crippen LogP contribution < -0.4 is 10.6 Å². The third-order valence-corrected chi connectivity index (χ3v) is 6.28. The molecule has 0 saturated heterocycles.